The number of carbonyl (C=O) groups is 1. The highest BCUT2D eigenvalue weighted by Gasteiger charge is 1.99. The van der Waals surface area contributed by atoms with E-state index in [0.717, 1.165) is 11.3 Å². The number of ether oxygens (including phenoxy) is 1. The maximum Gasteiger partial charge on any atom is 0.304 e. The zero-order valence-corrected chi connectivity index (χ0v) is 11.5. The highest BCUT2D eigenvalue weighted by atomic mass is 35.5. The van der Waals surface area contributed by atoms with Crippen LogP contribution in [-0.2, 0) is 11.3 Å². The number of benzene rings is 1. The monoisotopic (exact) mass is 273 g/mol. The van der Waals surface area contributed by atoms with Gasteiger partial charge in [-0.3, -0.25) is 4.79 Å². The molecule has 18 heavy (non-hydrogen) atoms. The van der Waals surface area contributed by atoms with Crippen molar-refractivity contribution in [1.29, 1.82) is 0 Å². The highest BCUT2D eigenvalue weighted by Crippen LogP contribution is 2.13. The summed E-state index contributed by atoms with van der Waals surface area (Å²) >= 11 is 0. The molecule has 1 aromatic carbocycles. The van der Waals surface area contributed by atoms with E-state index in [-0.39, 0.29) is 24.9 Å². The molecule has 0 unspecified atom stereocenters. The van der Waals surface area contributed by atoms with Crippen LogP contribution < -0.4 is 10.1 Å². The molecule has 0 aliphatic carbocycles. The first-order valence-corrected chi connectivity index (χ1v) is 5.76. The molecule has 1 aromatic rings. The van der Waals surface area contributed by atoms with E-state index in [1.54, 1.807) is 0 Å². The van der Waals surface area contributed by atoms with Gasteiger partial charge in [0.05, 0.1) is 12.5 Å². The van der Waals surface area contributed by atoms with Crippen LogP contribution in [0.3, 0.4) is 0 Å². The van der Waals surface area contributed by atoms with Gasteiger partial charge >= 0.3 is 5.97 Å². The standard InChI is InChI=1S/C13H19NO3.ClH/c1-10(2)17-12-5-3-11(4-6-12)9-14-8-7-13(15)16;/h3-6,10,14H,7-9H2,1-2H3,(H,15,16);1H. The fourth-order valence-electron chi connectivity index (χ4n) is 1.39. The molecule has 0 aliphatic rings. The van der Waals surface area contributed by atoms with Gasteiger partial charge < -0.3 is 15.2 Å². The smallest absolute Gasteiger partial charge is 0.304 e. The molecular formula is C13H20ClNO3. The summed E-state index contributed by atoms with van der Waals surface area (Å²) in [7, 11) is 0. The van der Waals surface area contributed by atoms with Crippen molar-refractivity contribution in [2.45, 2.75) is 32.9 Å². The van der Waals surface area contributed by atoms with Gasteiger partial charge in [0.25, 0.3) is 0 Å². The van der Waals surface area contributed by atoms with Gasteiger partial charge in [0.15, 0.2) is 0 Å². The number of halogens is 1. The van der Waals surface area contributed by atoms with E-state index in [1.165, 1.54) is 0 Å². The van der Waals surface area contributed by atoms with E-state index in [1.807, 2.05) is 38.1 Å². The van der Waals surface area contributed by atoms with Crippen molar-refractivity contribution >= 4 is 18.4 Å². The molecule has 102 valence electrons. The van der Waals surface area contributed by atoms with E-state index >= 15 is 0 Å². The Hall–Kier alpha value is -1.26. The van der Waals surface area contributed by atoms with Gasteiger partial charge in [-0.15, -0.1) is 12.4 Å². The third-order valence-corrected chi connectivity index (χ3v) is 2.14. The maximum atomic E-state index is 10.3. The number of nitrogens with one attached hydrogen (secondary N) is 1. The van der Waals surface area contributed by atoms with Gasteiger partial charge in [-0.2, -0.15) is 0 Å². The largest absolute Gasteiger partial charge is 0.491 e. The molecule has 0 amide bonds. The number of hydrogen-bond acceptors (Lipinski definition) is 3. The molecule has 2 N–H and O–H groups in total. The summed E-state index contributed by atoms with van der Waals surface area (Å²) in [5, 5.41) is 11.5. The molecule has 4 nitrogen and oxygen atoms in total. The van der Waals surface area contributed by atoms with Gasteiger partial charge in [-0.25, -0.2) is 0 Å². The van der Waals surface area contributed by atoms with Crippen LogP contribution in [-0.4, -0.2) is 23.7 Å². The number of aliphatic carboxylic acids is 1. The molecule has 0 radical (unpaired) electrons. The summed E-state index contributed by atoms with van der Waals surface area (Å²) in [6, 6.07) is 7.80. The van der Waals surface area contributed by atoms with Crippen LogP contribution >= 0.6 is 12.4 Å². The van der Waals surface area contributed by atoms with Crippen molar-refractivity contribution in [1.82, 2.24) is 5.32 Å². The van der Waals surface area contributed by atoms with Crippen LogP contribution in [0.25, 0.3) is 0 Å². The van der Waals surface area contributed by atoms with Gasteiger partial charge in [0.1, 0.15) is 5.75 Å². The lowest BCUT2D eigenvalue weighted by molar-refractivity contribution is -0.136. The van der Waals surface area contributed by atoms with E-state index in [4.69, 9.17) is 9.84 Å². The minimum Gasteiger partial charge on any atom is -0.491 e. The Morgan fingerprint density at radius 2 is 1.94 bits per heavy atom. The molecule has 0 aromatic heterocycles. The van der Waals surface area contributed by atoms with Crippen molar-refractivity contribution < 1.29 is 14.6 Å². The summed E-state index contributed by atoms with van der Waals surface area (Å²) in [6.07, 6.45) is 0.323. The Balaban J connectivity index is 0.00000289. The normalized spacial score (nSPS) is 9.94. The summed E-state index contributed by atoms with van der Waals surface area (Å²) in [5.74, 6) is 0.0764. The molecule has 0 atom stereocenters. The second-order valence-corrected chi connectivity index (χ2v) is 4.13. The average molecular weight is 274 g/mol. The third-order valence-electron chi connectivity index (χ3n) is 2.14. The first-order chi connectivity index (χ1) is 8.08. The van der Waals surface area contributed by atoms with Gasteiger partial charge in [-0.05, 0) is 31.5 Å². The minimum absolute atomic E-state index is 0. The quantitative estimate of drug-likeness (QED) is 0.750. The van der Waals surface area contributed by atoms with Crippen LogP contribution in [0.4, 0.5) is 0 Å². The number of carboxylic acid groups (broad SMARTS) is 1. The fraction of sp³-hybridized carbons (Fsp3) is 0.462. The fourth-order valence-corrected chi connectivity index (χ4v) is 1.39. The maximum absolute atomic E-state index is 10.3. The van der Waals surface area contributed by atoms with Crippen LogP contribution in [0, 0.1) is 0 Å². The van der Waals surface area contributed by atoms with Gasteiger partial charge in [-0.1, -0.05) is 12.1 Å². The topological polar surface area (TPSA) is 58.6 Å². The summed E-state index contributed by atoms with van der Waals surface area (Å²) in [5.41, 5.74) is 1.12. The highest BCUT2D eigenvalue weighted by molar-refractivity contribution is 5.85. The zero-order chi connectivity index (χ0) is 12.7. The lowest BCUT2D eigenvalue weighted by Gasteiger charge is -2.10. The van der Waals surface area contributed by atoms with Crippen molar-refractivity contribution in [3.63, 3.8) is 0 Å². The predicted molar refractivity (Wildman–Crippen MR) is 73.4 cm³/mol. The molecule has 0 saturated carbocycles. The molecule has 0 spiro atoms. The van der Waals surface area contributed by atoms with E-state index in [2.05, 4.69) is 5.32 Å². The second-order valence-electron chi connectivity index (χ2n) is 4.13. The Morgan fingerprint density at radius 3 is 2.44 bits per heavy atom. The average Bonchev–Trinajstić information content (AvgIpc) is 2.25. The van der Waals surface area contributed by atoms with Crippen molar-refractivity contribution in [3.05, 3.63) is 29.8 Å². The van der Waals surface area contributed by atoms with E-state index < -0.39 is 5.97 Å². The molecule has 0 heterocycles. The zero-order valence-electron chi connectivity index (χ0n) is 10.7. The van der Waals surface area contributed by atoms with E-state index in [9.17, 15) is 4.79 Å². The van der Waals surface area contributed by atoms with Crippen molar-refractivity contribution in [2.24, 2.45) is 0 Å². The van der Waals surface area contributed by atoms with Crippen molar-refractivity contribution in [2.75, 3.05) is 6.54 Å². The number of carboxylic acids is 1. The Labute approximate surface area is 114 Å². The van der Waals surface area contributed by atoms with Gasteiger partial charge in [0.2, 0.25) is 0 Å². The Kier molecular flexibility index (Phi) is 8.16. The minimum atomic E-state index is -0.779. The van der Waals surface area contributed by atoms with E-state index in [0.29, 0.717) is 13.1 Å². The molecule has 0 fully saturated rings. The lowest BCUT2D eigenvalue weighted by atomic mass is 10.2. The molecule has 5 heteroatoms. The molecule has 0 aliphatic heterocycles. The first-order valence-electron chi connectivity index (χ1n) is 5.76. The molecular weight excluding hydrogens is 254 g/mol. The number of rotatable bonds is 7. The summed E-state index contributed by atoms with van der Waals surface area (Å²) in [6.45, 7) is 5.14. The van der Waals surface area contributed by atoms with Crippen LogP contribution in [0.1, 0.15) is 25.8 Å². The summed E-state index contributed by atoms with van der Waals surface area (Å²) in [4.78, 5) is 10.3. The number of hydrogen-bond donors (Lipinski definition) is 2. The Bertz CT molecular complexity index is 352. The molecule has 1 rings (SSSR count). The Morgan fingerprint density at radius 1 is 1.33 bits per heavy atom. The lowest BCUT2D eigenvalue weighted by Crippen LogP contribution is -2.17. The van der Waals surface area contributed by atoms with Crippen LogP contribution in [0.5, 0.6) is 5.75 Å². The molecule has 0 bridgehead atoms. The predicted octanol–water partition coefficient (Wildman–Crippen LogP) is 2.46. The second kappa shape index (κ2) is 8.78. The summed E-state index contributed by atoms with van der Waals surface area (Å²) < 4.78 is 5.53. The van der Waals surface area contributed by atoms with Gasteiger partial charge in [0, 0.05) is 13.1 Å². The first kappa shape index (κ1) is 16.7. The van der Waals surface area contributed by atoms with Crippen LogP contribution in [0.15, 0.2) is 24.3 Å². The SMILES string of the molecule is CC(C)Oc1ccc(CNCCC(=O)O)cc1.Cl. The van der Waals surface area contributed by atoms with Crippen molar-refractivity contribution in [3.8, 4) is 5.75 Å². The van der Waals surface area contributed by atoms with Crippen LogP contribution in [0.2, 0.25) is 0 Å². The molecule has 0 saturated heterocycles. The third kappa shape index (κ3) is 7.14.